The zero-order chi connectivity index (χ0) is 20.2. The van der Waals surface area contributed by atoms with Crippen LogP contribution in [0.4, 0.5) is 0 Å². The number of aromatic nitrogens is 1. The van der Waals surface area contributed by atoms with Crippen molar-refractivity contribution < 1.29 is 14.2 Å². The first-order chi connectivity index (χ1) is 14.2. The number of aromatic amines is 1. The predicted octanol–water partition coefficient (Wildman–Crippen LogP) is 3.45. The second-order valence-corrected chi connectivity index (χ2v) is 7.15. The predicted molar refractivity (Wildman–Crippen MR) is 113 cm³/mol. The van der Waals surface area contributed by atoms with Gasteiger partial charge in [-0.3, -0.25) is 4.99 Å². The Hall–Kier alpha value is -3.05. The zero-order valence-electron chi connectivity index (χ0n) is 17.1. The maximum atomic E-state index is 6.10. The molecule has 1 N–H and O–H groups in total. The maximum absolute atomic E-state index is 6.10. The van der Waals surface area contributed by atoms with Gasteiger partial charge in [-0.05, 0) is 25.0 Å². The zero-order valence-corrected chi connectivity index (χ0v) is 17.1. The van der Waals surface area contributed by atoms with Gasteiger partial charge >= 0.3 is 0 Å². The van der Waals surface area contributed by atoms with Crippen molar-refractivity contribution in [3.8, 4) is 11.5 Å². The van der Waals surface area contributed by atoms with E-state index in [1.807, 2.05) is 24.4 Å². The van der Waals surface area contributed by atoms with Crippen molar-refractivity contribution in [3.63, 3.8) is 0 Å². The van der Waals surface area contributed by atoms with E-state index in [-0.39, 0.29) is 6.10 Å². The fourth-order valence-corrected chi connectivity index (χ4v) is 3.72. The number of ether oxygens (including phenoxy) is 3. The number of hydrogen-bond acceptors (Lipinski definition) is 4. The van der Waals surface area contributed by atoms with Gasteiger partial charge < -0.3 is 19.2 Å². The second kappa shape index (κ2) is 8.53. The van der Waals surface area contributed by atoms with Crippen molar-refractivity contribution in [1.29, 1.82) is 0 Å². The minimum absolute atomic E-state index is 0.280. The number of fused-ring (bicyclic) bond motifs is 1. The minimum atomic E-state index is -0.280. The molecule has 0 bridgehead atoms. The molecule has 0 aliphatic carbocycles. The molecule has 0 radical (unpaired) electrons. The van der Waals surface area contributed by atoms with Crippen molar-refractivity contribution in [2.24, 2.45) is 4.99 Å². The average Bonchev–Trinajstić information content (AvgIpc) is 3.18. The Bertz CT molecular complexity index is 1100. The van der Waals surface area contributed by atoms with Crippen molar-refractivity contribution in [3.05, 3.63) is 81.6 Å². The summed E-state index contributed by atoms with van der Waals surface area (Å²) < 4.78 is 17.8. The van der Waals surface area contributed by atoms with Crippen LogP contribution in [0.2, 0.25) is 0 Å². The van der Waals surface area contributed by atoms with Crippen LogP contribution >= 0.6 is 0 Å². The van der Waals surface area contributed by atoms with Crippen molar-refractivity contribution in [2.45, 2.75) is 26.1 Å². The van der Waals surface area contributed by atoms with E-state index in [1.54, 1.807) is 14.2 Å². The van der Waals surface area contributed by atoms with E-state index in [1.165, 1.54) is 5.56 Å². The standard InChI is InChI=1S/C24H26N2O3/c1-16-9-11-17(12-10-16)15-29-21-8-4-6-19(23(21)28-3)22(27-2)20-14-26-24-18(20)7-5-13-25-24/h4,6-12,14,22H,5,13,15H2,1-3H3,(H,25,26). The molecule has 1 aliphatic rings. The topological polar surface area (TPSA) is 55.8 Å². The van der Waals surface area contributed by atoms with Gasteiger partial charge in [0.2, 0.25) is 0 Å². The fourth-order valence-electron chi connectivity index (χ4n) is 3.72. The highest BCUT2D eigenvalue weighted by atomic mass is 16.5. The summed E-state index contributed by atoms with van der Waals surface area (Å²) >= 11 is 0. The van der Waals surface area contributed by atoms with E-state index < -0.39 is 0 Å². The van der Waals surface area contributed by atoms with Gasteiger partial charge in [-0.15, -0.1) is 0 Å². The summed E-state index contributed by atoms with van der Waals surface area (Å²) in [6.45, 7) is 3.37. The SMILES string of the molecule is COc1c(OCc2ccc(C)cc2)cccc1C(OC)c1c[nH]c2c1=CCCN=2. The highest BCUT2D eigenvalue weighted by Gasteiger charge is 2.23. The van der Waals surface area contributed by atoms with Crippen LogP contribution in [-0.4, -0.2) is 25.7 Å². The normalized spacial score (nSPS) is 13.8. The van der Waals surface area contributed by atoms with Gasteiger partial charge in [-0.2, -0.15) is 0 Å². The molecule has 2 heterocycles. The quantitative estimate of drug-likeness (QED) is 0.672. The van der Waals surface area contributed by atoms with E-state index in [2.05, 4.69) is 47.2 Å². The molecule has 4 rings (SSSR count). The number of methoxy groups -OCH3 is 2. The van der Waals surface area contributed by atoms with E-state index in [0.29, 0.717) is 18.1 Å². The Morgan fingerprint density at radius 3 is 2.66 bits per heavy atom. The number of hydrogen-bond donors (Lipinski definition) is 1. The van der Waals surface area contributed by atoms with Crippen LogP contribution in [0.1, 0.15) is 34.8 Å². The molecule has 1 aromatic heterocycles. The van der Waals surface area contributed by atoms with Crippen LogP contribution in [0.3, 0.4) is 0 Å². The third-order valence-electron chi connectivity index (χ3n) is 5.21. The first-order valence-electron chi connectivity index (χ1n) is 9.81. The van der Waals surface area contributed by atoms with Gasteiger partial charge in [0.1, 0.15) is 18.2 Å². The summed E-state index contributed by atoms with van der Waals surface area (Å²) in [7, 11) is 3.38. The van der Waals surface area contributed by atoms with E-state index >= 15 is 0 Å². The molecule has 0 saturated heterocycles. The van der Waals surface area contributed by atoms with Gasteiger partial charge in [-0.1, -0.05) is 48.0 Å². The molecule has 0 fully saturated rings. The molecular weight excluding hydrogens is 364 g/mol. The Labute approximate surface area is 170 Å². The molecule has 0 spiro atoms. The minimum Gasteiger partial charge on any atom is -0.492 e. The summed E-state index contributed by atoms with van der Waals surface area (Å²) in [5.41, 5.74) is 5.24. The molecule has 3 aromatic rings. The first-order valence-corrected chi connectivity index (χ1v) is 9.81. The summed E-state index contributed by atoms with van der Waals surface area (Å²) in [5, 5.41) is 1.11. The van der Waals surface area contributed by atoms with Crippen LogP contribution in [0.25, 0.3) is 6.08 Å². The van der Waals surface area contributed by atoms with E-state index in [9.17, 15) is 0 Å². The molecule has 0 saturated carbocycles. The van der Waals surface area contributed by atoms with Crippen molar-refractivity contribution >= 4 is 6.08 Å². The summed E-state index contributed by atoms with van der Waals surface area (Å²) in [6.07, 6.45) is 4.84. The van der Waals surface area contributed by atoms with Crippen LogP contribution in [-0.2, 0) is 11.3 Å². The highest BCUT2D eigenvalue weighted by Crippen LogP contribution is 2.38. The Balaban J connectivity index is 1.67. The van der Waals surface area contributed by atoms with Crippen LogP contribution in [0, 0.1) is 6.92 Å². The smallest absolute Gasteiger partial charge is 0.166 e. The van der Waals surface area contributed by atoms with E-state index in [0.717, 1.165) is 40.4 Å². The number of para-hydroxylation sites is 1. The van der Waals surface area contributed by atoms with Gasteiger partial charge in [-0.25, -0.2) is 0 Å². The highest BCUT2D eigenvalue weighted by molar-refractivity contribution is 5.50. The Morgan fingerprint density at radius 1 is 1.07 bits per heavy atom. The lowest BCUT2D eigenvalue weighted by Gasteiger charge is -2.20. The lowest BCUT2D eigenvalue weighted by molar-refractivity contribution is 0.132. The number of nitrogens with one attached hydrogen (secondary N) is 1. The van der Waals surface area contributed by atoms with Gasteiger partial charge in [0.05, 0.1) is 7.11 Å². The number of nitrogens with zero attached hydrogens (tertiary/aromatic N) is 1. The van der Waals surface area contributed by atoms with Crippen LogP contribution < -0.4 is 20.2 Å². The lowest BCUT2D eigenvalue weighted by atomic mass is 10.00. The third-order valence-corrected chi connectivity index (χ3v) is 5.21. The second-order valence-electron chi connectivity index (χ2n) is 7.15. The summed E-state index contributed by atoms with van der Waals surface area (Å²) in [5.74, 6) is 1.39. The molecule has 5 nitrogen and oxygen atoms in total. The molecule has 1 atom stereocenters. The molecule has 150 valence electrons. The van der Waals surface area contributed by atoms with Gasteiger partial charge in [0, 0.05) is 36.2 Å². The van der Waals surface area contributed by atoms with Gasteiger partial charge in [0.25, 0.3) is 0 Å². The monoisotopic (exact) mass is 390 g/mol. The molecule has 5 heteroatoms. The van der Waals surface area contributed by atoms with Crippen LogP contribution in [0.15, 0.2) is 53.7 Å². The number of benzene rings is 2. The molecule has 1 unspecified atom stereocenters. The molecule has 0 amide bonds. The Kier molecular flexibility index (Phi) is 5.67. The number of aryl methyl sites for hydroxylation is 1. The summed E-state index contributed by atoms with van der Waals surface area (Å²) in [4.78, 5) is 7.82. The largest absolute Gasteiger partial charge is 0.492 e. The maximum Gasteiger partial charge on any atom is 0.166 e. The number of rotatable bonds is 7. The van der Waals surface area contributed by atoms with Crippen molar-refractivity contribution in [2.75, 3.05) is 20.8 Å². The molecule has 1 aliphatic heterocycles. The molecule has 2 aromatic carbocycles. The third kappa shape index (κ3) is 3.91. The Morgan fingerprint density at radius 2 is 1.90 bits per heavy atom. The number of H-pyrrole nitrogens is 1. The lowest BCUT2D eigenvalue weighted by Crippen LogP contribution is -2.30. The van der Waals surface area contributed by atoms with Gasteiger partial charge in [0.15, 0.2) is 11.5 Å². The van der Waals surface area contributed by atoms with Crippen LogP contribution in [0.5, 0.6) is 11.5 Å². The fraction of sp³-hybridized carbons (Fsp3) is 0.292. The van der Waals surface area contributed by atoms with E-state index in [4.69, 9.17) is 14.2 Å². The summed E-state index contributed by atoms with van der Waals surface area (Å²) in [6, 6.07) is 14.3. The molecular formula is C24H26N2O3. The van der Waals surface area contributed by atoms with Crippen molar-refractivity contribution in [1.82, 2.24) is 4.98 Å². The first kappa shape index (κ1) is 19.3. The average molecular weight is 390 g/mol. The molecule has 29 heavy (non-hydrogen) atoms.